The van der Waals surface area contributed by atoms with E-state index in [1.165, 1.54) is 24.3 Å². The average Bonchev–Trinajstić information content (AvgIpc) is 2.96. The highest BCUT2D eigenvalue weighted by Crippen LogP contribution is 2.48. The molecule has 0 bridgehead atoms. The maximum Gasteiger partial charge on any atom is 0.573 e. The monoisotopic (exact) mass is 404 g/mol. The van der Waals surface area contributed by atoms with E-state index >= 15 is 4.39 Å². The standard InChI is InChI=1S/C23H17F5O/c1-2-3-14-6-11-18-17-10-7-15(12-19(17)22(25)20(18)21(14)24)13-4-8-16(9-5-13)29-23(26,27)28/h4-12,22H,2-3H2,1H3. The van der Waals surface area contributed by atoms with Gasteiger partial charge in [-0.25, -0.2) is 8.78 Å². The normalized spacial score (nSPS) is 15.2. The first kappa shape index (κ1) is 19.4. The van der Waals surface area contributed by atoms with Crippen molar-refractivity contribution in [3.63, 3.8) is 0 Å². The topological polar surface area (TPSA) is 9.23 Å². The van der Waals surface area contributed by atoms with Crippen LogP contribution in [-0.2, 0) is 6.42 Å². The van der Waals surface area contributed by atoms with Crippen molar-refractivity contribution in [2.24, 2.45) is 0 Å². The average molecular weight is 404 g/mol. The maximum absolute atomic E-state index is 15.2. The van der Waals surface area contributed by atoms with Crippen molar-refractivity contribution < 1.29 is 26.7 Å². The molecule has 0 spiro atoms. The number of hydrogen-bond acceptors (Lipinski definition) is 1. The maximum atomic E-state index is 15.2. The third kappa shape index (κ3) is 3.59. The predicted molar refractivity (Wildman–Crippen MR) is 101 cm³/mol. The lowest BCUT2D eigenvalue weighted by atomic mass is 9.98. The van der Waals surface area contributed by atoms with E-state index in [4.69, 9.17) is 0 Å². The van der Waals surface area contributed by atoms with Crippen LogP contribution in [0.2, 0.25) is 0 Å². The molecule has 3 aromatic carbocycles. The van der Waals surface area contributed by atoms with Gasteiger partial charge in [0.05, 0.1) is 0 Å². The van der Waals surface area contributed by atoms with Gasteiger partial charge in [-0.1, -0.05) is 49.7 Å². The number of aryl methyl sites for hydroxylation is 1. The summed E-state index contributed by atoms with van der Waals surface area (Å²) >= 11 is 0. The number of halogens is 5. The SMILES string of the molecule is CCCc1ccc2c(c1F)C(F)c1cc(-c3ccc(OC(F)(F)F)cc3)ccc1-2. The summed E-state index contributed by atoms with van der Waals surface area (Å²) in [5.74, 6) is -0.827. The van der Waals surface area contributed by atoms with Crippen molar-refractivity contribution in [3.05, 3.63) is 77.1 Å². The van der Waals surface area contributed by atoms with Crippen LogP contribution >= 0.6 is 0 Å². The number of hydrogen-bond donors (Lipinski definition) is 0. The van der Waals surface area contributed by atoms with Crippen LogP contribution < -0.4 is 4.74 Å². The molecule has 0 N–H and O–H groups in total. The van der Waals surface area contributed by atoms with Gasteiger partial charge in [-0.05, 0) is 58.0 Å². The summed E-state index contributed by atoms with van der Waals surface area (Å²) in [6, 6.07) is 13.9. The molecule has 3 aromatic rings. The zero-order valence-corrected chi connectivity index (χ0v) is 15.5. The van der Waals surface area contributed by atoms with Gasteiger partial charge in [-0.2, -0.15) is 0 Å². The highest BCUT2D eigenvalue weighted by Gasteiger charge is 2.33. The lowest BCUT2D eigenvalue weighted by Crippen LogP contribution is -2.16. The largest absolute Gasteiger partial charge is 0.573 e. The first-order valence-corrected chi connectivity index (χ1v) is 9.24. The Labute approximate surface area is 164 Å². The third-order valence-electron chi connectivity index (χ3n) is 5.07. The zero-order valence-electron chi connectivity index (χ0n) is 15.5. The summed E-state index contributed by atoms with van der Waals surface area (Å²) < 4.78 is 70.8. The lowest BCUT2D eigenvalue weighted by molar-refractivity contribution is -0.274. The van der Waals surface area contributed by atoms with Crippen LogP contribution in [0.25, 0.3) is 22.3 Å². The Morgan fingerprint density at radius 2 is 1.55 bits per heavy atom. The summed E-state index contributed by atoms with van der Waals surface area (Å²) in [6.45, 7) is 1.94. The highest BCUT2D eigenvalue weighted by atomic mass is 19.4. The van der Waals surface area contributed by atoms with Gasteiger partial charge < -0.3 is 4.74 Å². The number of rotatable bonds is 4. The first-order chi connectivity index (χ1) is 13.8. The van der Waals surface area contributed by atoms with Crippen LogP contribution in [-0.4, -0.2) is 6.36 Å². The van der Waals surface area contributed by atoms with Gasteiger partial charge in [-0.3, -0.25) is 0 Å². The molecule has 29 heavy (non-hydrogen) atoms. The van der Waals surface area contributed by atoms with E-state index < -0.39 is 18.4 Å². The van der Waals surface area contributed by atoms with Gasteiger partial charge in [0.2, 0.25) is 0 Å². The third-order valence-corrected chi connectivity index (χ3v) is 5.07. The van der Waals surface area contributed by atoms with E-state index in [0.717, 1.165) is 6.42 Å². The predicted octanol–water partition coefficient (Wildman–Crippen LogP) is 7.38. The lowest BCUT2D eigenvalue weighted by Gasteiger charge is -2.10. The van der Waals surface area contributed by atoms with Gasteiger partial charge in [-0.15, -0.1) is 13.2 Å². The van der Waals surface area contributed by atoms with E-state index in [9.17, 15) is 17.6 Å². The highest BCUT2D eigenvalue weighted by molar-refractivity contribution is 5.82. The Balaban J connectivity index is 1.68. The Bertz CT molecular complexity index is 1050. The van der Waals surface area contributed by atoms with Crippen LogP contribution in [0.1, 0.15) is 36.2 Å². The molecule has 0 saturated heterocycles. The quantitative estimate of drug-likeness (QED) is 0.412. The van der Waals surface area contributed by atoms with Gasteiger partial charge in [0.25, 0.3) is 0 Å². The molecule has 1 unspecified atom stereocenters. The summed E-state index contributed by atoms with van der Waals surface area (Å²) in [6.07, 6.45) is -5.04. The second kappa shape index (κ2) is 7.17. The van der Waals surface area contributed by atoms with E-state index in [-0.39, 0.29) is 11.3 Å². The Morgan fingerprint density at radius 3 is 2.21 bits per heavy atom. The molecule has 0 aromatic heterocycles. The van der Waals surface area contributed by atoms with Gasteiger partial charge in [0, 0.05) is 5.56 Å². The van der Waals surface area contributed by atoms with Crippen LogP contribution in [0.5, 0.6) is 5.75 Å². The fourth-order valence-corrected chi connectivity index (χ4v) is 3.78. The molecule has 0 amide bonds. The Hall–Kier alpha value is -2.89. The van der Waals surface area contributed by atoms with Crippen molar-refractivity contribution in [2.75, 3.05) is 0 Å². The fourth-order valence-electron chi connectivity index (χ4n) is 3.78. The molecule has 1 aliphatic carbocycles. The summed E-state index contributed by atoms with van der Waals surface area (Å²) in [7, 11) is 0. The molecule has 0 heterocycles. The van der Waals surface area contributed by atoms with Crippen LogP contribution in [0, 0.1) is 5.82 Å². The summed E-state index contributed by atoms with van der Waals surface area (Å²) in [5, 5.41) is 0. The molecule has 0 saturated carbocycles. The molecule has 150 valence electrons. The Kier molecular flexibility index (Phi) is 4.81. The summed E-state index contributed by atoms with van der Waals surface area (Å²) in [4.78, 5) is 0. The molecule has 0 radical (unpaired) electrons. The van der Waals surface area contributed by atoms with Gasteiger partial charge >= 0.3 is 6.36 Å². The number of ether oxygens (including phenoxy) is 1. The molecular weight excluding hydrogens is 387 g/mol. The second-order valence-corrected chi connectivity index (χ2v) is 6.99. The fraction of sp³-hybridized carbons (Fsp3) is 0.217. The van der Waals surface area contributed by atoms with E-state index in [0.29, 0.717) is 39.8 Å². The summed E-state index contributed by atoms with van der Waals surface area (Å²) in [5.41, 5.74) is 3.35. The Morgan fingerprint density at radius 1 is 0.897 bits per heavy atom. The molecule has 1 atom stereocenters. The molecule has 1 aliphatic rings. The van der Waals surface area contributed by atoms with E-state index in [2.05, 4.69) is 4.74 Å². The van der Waals surface area contributed by atoms with E-state index in [1.54, 1.807) is 30.3 Å². The van der Waals surface area contributed by atoms with Crippen LogP contribution in [0.4, 0.5) is 22.0 Å². The molecule has 4 rings (SSSR count). The minimum atomic E-state index is -4.76. The molecular formula is C23H17F5O. The number of alkyl halides is 4. The minimum absolute atomic E-state index is 0.0667. The smallest absolute Gasteiger partial charge is 0.406 e. The minimum Gasteiger partial charge on any atom is -0.406 e. The number of benzene rings is 3. The van der Waals surface area contributed by atoms with Crippen molar-refractivity contribution in [3.8, 4) is 28.0 Å². The van der Waals surface area contributed by atoms with Crippen LogP contribution in [0.3, 0.4) is 0 Å². The van der Waals surface area contributed by atoms with Crippen molar-refractivity contribution >= 4 is 0 Å². The number of fused-ring (bicyclic) bond motifs is 3. The van der Waals surface area contributed by atoms with Crippen LogP contribution in [0.15, 0.2) is 54.6 Å². The zero-order chi connectivity index (χ0) is 20.8. The van der Waals surface area contributed by atoms with Gasteiger partial charge in [0.15, 0.2) is 6.17 Å². The van der Waals surface area contributed by atoms with Crippen molar-refractivity contribution in [1.82, 2.24) is 0 Å². The van der Waals surface area contributed by atoms with Crippen molar-refractivity contribution in [1.29, 1.82) is 0 Å². The van der Waals surface area contributed by atoms with E-state index in [1.807, 2.05) is 6.92 Å². The van der Waals surface area contributed by atoms with Crippen molar-refractivity contribution in [2.45, 2.75) is 32.3 Å². The first-order valence-electron chi connectivity index (χ1n) is 9.24. The molecule has 0 fully saturated rings. The molecule has 0 aliphatic heterocycles. The molecule has 1 nitrogen and oxygen atoms in total. The second-order valence-electron chi connectivity index (χ2n) is 6.99. The molecule has 6 heteroatoms. The van der Waals surface area contributed by atoms with Gasteiger partial charge in [0.1, 0.15) is 11.6 Å².